The Bertz CT molecular complexity index is 725. The molecule has 1 aliphatic heterocycles. The fraction of sp³-hybridized carbons (Fsp3) is 0.588. The van der Waals surface area contributed by atoms with Gasteiger partial charge in [-0.25, -0.2) is 17.8 Å². The highest BCUT2D eigenvalue weighted by atomic mass is 127. The van der Waals surface area contributed by atoms with E-state index in [1.54, 1.807) is 13.0 Å². The summed E-state index contributed by atoms with van der Waals surface area (Å²) in [6.07, 6.45) is 0. The van der Waals surface area contributed by atoms with E-state index in [1.165, 1.54) is 10.4 Å². The van der Waals surface area contributed by atoms with Gasteiger partial charge in [-0.3, -0.25) is 0 Å². The fourth-order valence-corrected chi connectivity index (χ4v) is 3.82. The molecule has 1 aromatic carbocycles. The van der Waals surface area contributed by atoms with Crippen LogP contribution in [0.15, 0.2) is 23.2 Å². The average molecular weight is 514 g/mol. The van der Waals surface area contributed by atoms with Crippen LogP contribution in [0.5, 0.6) is 0 Å². The van der Waals surface area contributed by atoms with Crippen LogP contribution in [0.2, 0.25) is 0 Å². The Labute approximate surface area is 177 Å². The number of morpholine rings is 1. The van der Waals surface area contributed by atoms with Gasteiger partial charge in [-0.05, 0) is 31.0 Å². The highest BCUT2D eigenvalue weighted by Gasteiger charge is 2.23. The molecule has 154 valence electrons. The van der Waals surface area contributed by atoms with Crippen molar-refractivity contribution in [2.45, 2.75) is 20.4 Å². The number of nitrogens with one attached hydrogen (secondary N) is 2. The van der Waals surface area contributed by atoms with Crippen LogP contribution in [0.4, 0.5) is 4.39 Å². The summed E-state index contributed by atoms with van der Waals surface area (Å²) in [5.74, 6) is 0.231. The maximum atomic E-state index is 13.6. The zero-order chi connectivity index (χ0) is 19.0. The Morgan fingerprint density at radius 2 is 2.00 bits per heavy atom. The van der Waals surface area contributed by atoms with E-state index in [1.807, 2.05) is 13.0 Å². The van der Waals surface area contributed by atoms with Crippen LogP contribution >= 0.6 is 24.0 Å². The van der Waals surface area contributed by atoms with Gasteiger partial charge < -0.3 is 15.4 Å². The van der Waals surface area contributed by atoms with Crippen molar-refractivity contribution in [3.8, 4) is 0 Å². The maximum Gasteiger partial charge on any atom is 0.215 e. The first-order valence-corrected chi connectivity index (χ1v) is 10.4. The molecule has 0 atom stereocenters. The molecular formula is C17H28FIN4O3S. The van der Waals surface area contributed by atoms with E-state index in [0.29, 0.717) is 50.9 Å². The molecule has 27 heavy (non-hydrogen) atoms. The molecule has 0 aromatic heterocycles. The number of hydrogen-bond acceptors (Lipinski definition) is 4. The van der Waals surface area contributed by atoms with Gasteiger partial charge in [-0.1, -0.05) is 12.1 Å². The number of ether oxygens (including phenoxy) is 1. The SMILES string of the molecule is CCNC(=NCc1ccc(C)c(F)c1)NCCS(=O)(=O)N1CCOCC1.I. The van der Waals surface area contributed by atoms with Gasteiger partial charge in [0, 0.05) is 26.2 Å². The van der Waals surface area contributed by atoms with E-state index in [2.05, 4.69) is 15.6 Å². The normalized spacial score (nSPS) is 15.9. The van der Waals surface area contributed by atoms with Crippen molar-refractivity contribution in [2.75, 3.05) is 45.1 Å². The summed E-state index contributed by atoms with van der Waals surface area (Å²) < 4.78 is 44.8. The zero-order valence-corrected chi connectivity index (χ0v) is 18.8. The summed E-state index contributed by atoms with van der Waals surface area (Å²) in [4.78, 5) is 4.39. The largest absolute Gasteiger partial charge is 0.379 e. The van der Waals surface area contributed by atoms with Crippen LogP contribution in [0.3, 0.4) is 0 Å². The standard InChI is InChI=1S/C17H27FN4O3S.HI/c1-3-19-17(21-13-15-5-4-14(2)16(18)12-15)20-6-11-26(23,24)22-7-9-25-10-8-22;/h4-5,12H,3,6-11,13H2,1-2H3,(H2,19,20,21);1H. The smallest absolute Gasteiger partial charge is 0.215 e. The summed E-state index contributed by atoms with van der Waals surface area (Å²) in [5.41, 5.74) is 1.35. The first-order valence-electron chi connectivity index (χ1n) is 8.75. The lowest BCUT2D eigenvalue weighted by Gasteiger charge is -2.26. The molecule has 1 heterocycles. The predicted molar refractivity (Wildman–Crippen MR) is 116 cm³/mol. The lowest BCUT2D eigenvalue weighted by molar-refractivity contribution is 0.0730. The predicted octanol–water partition coefficient (Wildman–Crippen LogP) is 1.47. The Morgan fingerprint density at radius 1 is 1.30 bits per heavy atom. The average Bonchev–Trinajstić information content (AvgIpc) is 2.63. The van der Waals surface area contributed by atoms with E-state index in [9.17, 15) is 12.8 Å². The number of benzene rings is 1. The molecule has 0 radical (unpaired) electrons. The second-order valence-electron chi connectivity index (χ2n) is 6.03. The highest BCUT2D eigenvalue weighted by molar-refractivity contribution is 14.0. The summed E-state index contributed by atoms with van der Waals surface area (Å²) in [7, 11) is -3.31. The van der Waals surface area contributed by atoms with Gasteiger partial charge in [0.15, 0.2) is 5.96 Å². The fourth-order valence-electron chi connectivity index (χ4n) is 2.50. The van der Waals surface area contributed by atoms with Crippen molar-refractivity contribution < 1.29 is 17.5 Å². The van der Waals surface area contributed by atoms with Crippen molar-refractivity contribution in [2.24, 2.45) is 4.99 Å². The van der Waals surface area contributed by atoms with E-state index in [-0.39, 0.29) is 42.1 Å². The van der Waals surface area contributed by atoms with Crippen LogP contribution in [0.25, 0.3) is 0 Å². The lowest BCUT2D eigenvalue weighted by atomic mass is 10.1. The van der Waals surface area contributed by atoms with E-state index in [4.69, 9.17) is 4.74 Å². The Balaban J connectivity index is 0.00000364. The summed E-state index contributed by atoms with van der Waals surface area (Å²) in [5, 5.41) is 6.08. The van der Waals surface area contributed by atoms with Gasteiger partial charge in [0.2, 0.25) is 10.0 Å². The summed E-state index contributed by atoms with van der Waals surface area (Å²) in [6.45, 7) is 6.50. The number of sulfonamides is 1. The second kappa shape index (κ2) is 11.8. The third-order valence-electron chi connectivity index (χ3n) is 4.02. The van der Waals surface area contributed by atoms with E-state index < -0.39 is 10.0 Å². The second-order valence-corrected chi connectivity index (χ2v) is 8.12. The number of aryl methyl sites for hydroxylation is 1. The highest BCUT2D eigenvalue weighted by Crippen LogP contribution is 2.10. The van der Waals surface area contributed by atoms with Crippen LogP contribution in [0.1, 0.15) is 18.1 Å². The molecule has 0 unspecified atom stereocenters. The minimum atomic E-state index is -3.31. The first kappa shape index (κ1) is 24.1. The first-order chi connectivity index (χ1) is 12.4. The van der Waals surface area contributed by atoms with Gasteiger partial charge in [-0.2, -0.15) is 4.31 Å². The van der Waals surface area contributed by atoms with Crippen molar-refractivity contribution in [1.29, 1.82) is 0 Å². The Hall–Kier alpha value is -0.980. The quantitative estimate of drug-likeness (QED) is 0.327. The Morgan fingerprint density at radius 3 is 2.63 bits per heavy atom. The summed E-state index contributed by atoms with van der Waals surface area (Å²) in [6, 6.07) is 5.01. The molecule has 1 aromatic rings. The lowest BCUT2D eigenvalue weighted by Crippen LogP contribution is -2.45. The molecule has 10 heteroatoms. The maximum absolute atomic E-state index is 13.6. The van der Waals surface area contributed by atoms with Crippen molar-refractivity contribution in [3.05, 3.63) is 35.1 Å². The van der Waals surface area contributed by atoms with E-state index >= 15 is 0 Å². The molecule has 0 saturated carbocycles. The minimum Gasteiger partial charge on any atom is -0.379 e. The monoisotopic (exact) mass is 514 g/mol. The van der Waals surface area contributed by atoms with Crippen LogP contribution in [0, 0.1) is 12.7 Å². The molecule has 0 aliphatic carbocycles. The third kappa shape index (κ3) is 7.88. The molecule has 7 nitrogen and oxygen atoms in total. The molecule has 1 aliphatic rings. The number of nitrogens with zero attached hydrogens (tertiary/aromatic N) is 2. The molecule has 2 N–H and O–H groups in total. The van der Waals surface area contributed by atoms with Gasteiger partial charge in [0.25, 0.3) is 0 Å². The van der Waals surface area contributed by atoms with Gasteiger partial charge >= 0.3 is 0 Å². The Kier molecular flexibility index (Phi) is 10.5. The van der Waals surface area contributed by atoms with Crippen LogP contribution in [-0.4, -0.2) is 63.8 Å². The third-order valence-corrected chi connectivity index (χ3v) is 5.89. The van der Waals surface area contributed by atoms with Gasteiger partial charge in [0.1, 0.15) is 5.82 Å². The molecule has 0 bridgehead atoms. The topological polar surface area (TPSA) is 83.0 Å². The number of rotatable bonds is 7. The number of hydrogen-bond donors (Lipinski definition) is 2. The molecule has 0 spiro atoms. The number of aliphatic imine (C=N–C) groups is 1. The van der Waals surface area contributed by atoms with Crippen molar-refractivity contribution in [3.63, 3.8) is 0 Å². The molecule has 1 fully saturated rings. The minimum absolute atomic E-state index is 0. The van der Waals surface area contributed by atoms with Crippen molar-refractivity contribution in [1.82, 2.24) is 14.9 Å². The summed E-state index contributed by atoms with van der Waals surface area (Å²) >= 11 is 0. The van der Waals surface area contributed by atoms with E-state index in [0.717, 1.165) is 5.56 Å². The number of halogens is 2. The molecule has 0 amide bonds. The zero-order valence-electron chi connectivity index (χ0n) is 15.7. The van der Waals surface area contributed by atoms with Gasteiger partial charge in [0.05, 0.1) is 25.5 Å². The van der Waals surface area contributed by atoms with Gasteiger partial charge in [-0.15, -0.1) is 24.0 Å². The van der Waals surface area contributed by atoms with Crippen molar-refractivity contribution >= 4 is 40.0 Å². The number of guanidine groups is 1. The van der Waals surface area contributed by atoms with Crippen LogP contribution < -0.4 is 10.6 Å². The molecule has 2 rings (SSSR count). The molecule has 1 saturated heterocycles. The molecular weight excluding hydrogens is 486 g/mol. The van der Waals surface area contributed by atoms with Crippen LogP contribution in [-0.2, 0) is 21.3 Å².